The number of H-pyrrole nitrogens is 1. The molecule has 6 nitrogen and oxygen atoms in total. The van der Waals surface area contributed by atoms with Gasteiger partial charge in [0.15, 0.2) is 6.23 Å². The molecule has 1 unspecified atom stereocenters. The molecular formula is C11H11Cl3N2O4S2. The van der Waals surface area contributed by atoms with E-state index in [0.29, 0.717) is 10.5 Å². The molecule has 11 heteroatoms. The topological polar surface area (TPSA) is 84.3 Å². The van der Waals surface area contributed by atoms with Gasteiger partial charge in [-0.3, -0.25) is 14.3 Å². The van der Waals surface area contributed by atoms with Crippen LogP contribution in [0.2, 0.25) is 0 Å². The van der Waals surface area contributed by atoms with E-state index in [1.54, 1.807) is 13.0 Å². The molecule has 1 aromatic heterocycles. The van der Waals surface area contributed by atoms with Gasteiger partial charge in [-0.05, 0) is 23.8 Å². The van der Waals surface area contributed by atoms with Crippen molar-refractivity contribution in [1.82, 2.24) is 9.55 Å². The number of rotatable bonds is 4. The summed E-state index contributed by atoms with van der Waals surface area (Å²) in [6, 6.07) is 0. The first kappa shape index (κ1) is 18.3. The van der Waals surface area contributed by atoms with Gasteiger partial charge in [-0.2, -0.15) is 0 Å². The first-order valence-corrected chi connectivity index (χ1v) is 9.22. The Hall–Kier alpha value is -0.0900. The number of nitrogens with zero attached hydrogens (tertiary/aromatic N) is 1. The van der Waals surface area contributed by atoms with Crippen LogP contribution in [-0.2, 0) is 4.74 Å². The number of ether oxygens (including phenoxy) is 1. The summed E-state index contributed by atoms with van der Waals surface area (Å²) in [4.78, 5) is 26.2. The lowest BCUT2D eigenvalue weighted by Crippen LogP contribution is -2.34. The van der Waals surface area contributed by atoms with Crippen LogP contribution in [-0.4, -0.2) is 30.5 Å². The number of aromatic amines is 1. The number of hydrogen-bond donors (Lipinski definition) is 2. The van der Waals surface area contributed by atoms with Gasteiger partial charge in [-0.15, -0.1) is 0 Å². The molecule has 2 N–H and O–H groups in total. The van der Waals surface area contributed by atoms with Crippen molar-refractivity contribution in [3.05, 3.63) is 43.6 Å². The van der Waals surface area contributed by atoms with Crippen molar-refractivity contribution in [2.45, 2.75) is 22.4 Å². The van der Waals surface area contributed by atoms with Gasteiger partial charge in [0.05, 0.1) is 6.61 Å². The smallest absolute Gasteiger partial charge is 0.330 e. The summed E-state index contributed by atoms with van der Waals surface area (Å²) in [6.07, 6.45) is 1.65. The highest BCUT2D eigenvalue weighted by atomic mass is 35.6. The number of aliphatic hydroxyl groups excluding tert-OH is 1. The van der Waals surface area contributed by atoms with E-state index in [1.807, 2.05) is 0 Å². The van der Waals surface area contributed by atoms with Gasteiger partial charge in [0.25, 0.3) is 5.56 Å². The third-order valence-corrected chi connectivity index (χ3v) is 6.61. The number of hydrogen-bond acceptors (Lipinski definition) is 6. The Morgan fingerprint density at radius 3 is 2.73 bits per heavy atom. The predicted octanol–water partition coefficient (Wildman–Crippen LogP) is 2.33. The summed E-state index contributed by atoms with van der Waals surface area (Å²) in [6.45, 7) is 1.32. The largest absolute Gasteiger partial charge is 0.393 e. The van der Waals surface area contributed by atoms with Crippen LogP contribution in [0.15, 0.2) is 26.8 Å². The molecular weight excluding hydrogens is 395 g/mol. The van der Waals surface area contributed by atoms with E-state index in [-0.39, 0.29) is 6.61 Å². The fourth-order valence-electron chi connectivity index (χ4n) is 1.76. The van der Waals surface area contributed by atoms with Crippen molar-refractivity contribution in [3.63, 3.8) is 0 Å². The Bertz CT molecular complexity index is 698. The highest BCUT2D eigenvalue weighted by Crippen LogP contribution is 2.52. The summed E-state index contributed by atoms with van der Waals surface area (Å²) in [5.41, 5.74) is -0.731. The van der Waals surface area contributed by atoms with Crippen LogP contribution < -0.4 is 11.2 Å². The third kappa shape index (κ3) is 4.47. The molecule has 2 rings (SSSR count). The Balaban J connectivity index is 2.32. The quantitative estimate of drug-likeness (QED) is 0.591. The SMILES string of the molecule is Cc1cn(C2O[C@H](CO)C=C2SSC(Cl)(Cl)Cl)c(=O)[nH]c1=O. The van der Waals surface area contributed by atoms with Crippen molar-refractivity contribution in [3.8, 4) is 0 Å². The van der Waals surface area contributed by atoms with Crippen LogP contribution in [0.4, 0.5) is 0 Å². The predicted molar refractivity (Wildman–Crippen MR) is 90.6 cm³/mol. The fourth-order valence-corrected chi connectivity index (χ4v) is 4.25. The van der Waals surface area contributed by atoms with Crippen molar-refractivity contribution in [2.24, 2.45) is 0 Å². The minimum atomic E-state index is -1.54. The van der Waals surface area contributed by atoms with E-state index in [9.17, 15) is 14.7 Å². The average molecular weight is 406 g/mol. The second kappa shape index (κ2) is 7.21. The van der Waals surface area contributed by atoms with Gasteiger partial charge in [0.2, 0.25) is 3.12 Å². The Labute approximate surface area is 148 Å². The molecule has 1 aliphatic heterocycles. The van der Waals surface area contributed by atoms with Crippen LogP contribution in [0, 0.1) is 6.92 Å². The Kier molecular flexibility index (Phi) is 5.98. The first-order valence-electron chi connectivity index (χ1n) is 5.94. The lowest BCUT2D eigenvalue weighted by Gasteiger charge is -2.19. The normalized spacial score (nSPS) is 22.0. The zero-order valence-corrected chi connectivity index (χ0v) is 15.0. The average Bonchev–Trinajstić information content (AvgIpc) is 2.83. The number of halogens is 3. The highest BCUT2D eigenvalue weighted by molar-refractivity contribution is 8.79. The molecule has 1 aliphatic rings. The number of aliphatic hydroxyl groups is 1. The van der Waals surface area contributed by atoms with Crippen LogP contribution in [0.5, 0.6) is 0 Å². The number of nitrogens with one attached hydrogen (secondary N) is 1. The molecule has 2 heterocycles. The molecule has 2 atom stereocenters. The number of aromatic nitrogens is 2. The molecule has 0 fully saturated rings. The molecule has 22 heavy (non-hydrogen) atoms. The molecule has 0 saturated heterocycles. The Morgan fingerprint density at radius 1 is 1.45 bits per heavy atom. The lowest BCUT2D eigenvalue weighted by atomic mass is 10.3. The van der Waals surface area contributed by atoms with E-state index in [0.717, 1.165) is 21.6 Å². The Morgan fingerprint density at radius 2 is 2.14 bits per heavy atom. The molecule has 0 amide bonds. The van der Waals surface area contributed by atoms with Gasteiger partial charge in [-0.25, -0.2) is 4.79 Å². The third-order valence-electron chi connectivity index (χ3n) is 2.71. The fraction of sp³-hybridized carbons (Fsp3) is 0.455. The van der Waals surface area contributed by atoms with E-state index in [1.165, 1.54) is 10.8 Å². The maximum Gasteiger partial charge on any atom is 0.330 e. The first-order chi connectivity index (χ1) is 10.2. The van der Waals surface area contributed by atoms with E-state index in [2.05, 4.69) is 4.98 Å². The van der Waals surface area contributed by atoms with Crippen molar-refractivity contribution in [1.29, 1.82) is 0 Å². The summed E-state index contributed by atoms with van der Waals surface area (Å²) < 4.78 is 5.27. The number of alkyl halides is 3. The minimum absolute atomic E-state index is 0.254. The van der Waals surface area contributed by atoms with Gasteiger partial charge < -0.3 is 9.84 Å². The standard InChI is InChI=1S/C11H11Cl3N2O4S2/c1-5-3-16(10(19)15-8(5)18)9-7(2-6(4-17)20-9)21-22-11(12,13)14/h2-3,6,9,17H,4H2,1H3,(H,15,18,19)/t6-,9?/m0/s1. The molecule has 0 spiro atoms. The summed E-state index contributed by atoms with van der Waals surface area (Å²) >= 11 is 17.1. The van der Waals surface area contributed by atoms with Crippen LogP contribution in [0.25, 0.3) is 0 Å². The van der Waals surface area contributed by atoms with Crippen molar-refractivity contribution < 1.29 is 9.84 Å². The summed E-state index contributed by atoms with van der Waals surface area (Å²) in [7, 11) is 2.08. The molecule has 122 valence electrons. The maximum atomic E-state index is 12.0. The maximum absolute atomic E-state index is 12.0. The van der Waals surface area contributed by atoms with Gasteiger partial charge >= 0.3 is 5.69 Å². The van der Waals surface area contributed by atoms with E-state index in [4.69, 9.17) is 39.5 Å². The monoisotopic (exact) mass is 404 g/mol. The molecule has 0 radical (unpaired) electrons. The van der Waals surface area contributed by atoms with Crippen LogP contribution in [0.1, 0.15) is 11.8 Å². The van der Waals surface area contributed by atoms with E-state index >= 15 is 0 Å². The van der Waals surface area contributed by atoms with Crippen molar-refractivity contribution in [2.75, 3.05) is 6.61 Å². The van der Waals surface area contributed by atoms with Gasteiger partial charge in [0.1, 0.15) is 6.10 Å². The highest BCUT2D eigenvalue weighted by Gasteiger charge is 2.32. The van der Waals surface area contributed by atoms with Crippen molar-refractivity contribution >= 4 is 56.4 Å². The second-order valence-electron chi connectivity index (χ2n) is 4.37. The zero-order chi connectivity index (χ0) is 16.5. The number of aryl methyl sites for hydroxylation is 1. The zero-order valence-electron chi connectivity index (χ0n) is 11.1. The molecule has 0 saturated carbocycles. The molecule has 0 aliphatic carbocycles. The van der Waals surface area contributed by atoms with E-state index < -0.39 is 26.7 Å². The molecule has 0 aromatic carbocycles. The van der Waals surface area contributed by atoms with Crippen LogP contribution in [0.3, 0.4) is 0 Å². The van der Waals surface area contributed by atoms with Gasteiger partial charge in [0, 0.05) is 16.7 Å². The second-order valence-corrected chi connectivity index (χ2v) is 9.74. The van der Waals surface area contributed by atoms with Crippen LogP contribution >= 0.6 is 56.4 Å². The summed E-state index contributed by atoms with van der Waals surface area (Å²) in [5, 5.41) is 9.24. The minimum Gasteiger partial charge on any atom is -0.393 e. The molecule has 1 aromatic rings. The molecule has 0 bridgehead atoms. The lowest BCUT2D eigenvalue weighted by molar-refractivity contribution is -0.0116. The summed E-state index contributed by atoms with van der Waals surface area (Å²) in [5.74, 6) is 0. The van der Waals surface area contributed by atoms with Gasteiger partial charge in [-0.1, -0.05) is 45.6 Å².